The van der Waals surface area contributed by atoms with Crippen molar-refractivity contribution in [3.8, 4) is 11.5 Å². The minimum absolute atomic E-state index is 0.0873. The molecule has 0 aliphatic rings. The molecule has 0 spiro atoms. The molecule has 0 saturated heterocycles. The minimum Gasteiger partial charge on any atom is -0.497 e. The fourth-order valence-electron chi connectivity index (χ4n) is 2.61. The summed E-state index contributed by atoms with van der Waals surface area (Å²) < 4.78 is 15.5. The first kappa shape index (κ1) is 18.8. The van der Waals surface area contributed by atoms with Gasteiger partial charge in [-0.05, 0) is 38.5 Å². The third-order valence-corrected chi connectivity index (χ3v) is 4.07. The van der Waals surface area contributed by atoms with Crippen LogP contribution in [0.5, 0.6) is 11.5 Å². The summed E-state index contributed by atoms with van der Waals surface area (Å²) in [5.41, 5.74) is 2.31. The van der Waals surface area contributed by atoms with Crippen molar-refractivity contribution in [2.45, 2.75) is 32.8 Å². The normalized spacial score (nSPS) is 11.9. The smallest absolute Gasteiger partial charge is 0.220 e. The molecule has 7 heteroatoms. The van der Waals surface area contributed by atoms with Crippen LogP contribution >= 0.6 is 0 Å². The molecule has 0 radical (unpaired) electrons. The Bertz CT molecular complexity index is 707. The van der Waals surface area contributed by atoms with Gasteiger partial charge >= 0.3 is 0 Å². The van der Waals surface area contributed by atoms with E-state index in [0.717, 1.165) is 17.0 Å². The maximum Gasteiger partial charge on any atom is 0.220 e. The van der Waals surface area contributed by atoms with Crippen molar-refractivity contribution >= 4 is 5.91 Å². The lowest BCUT2D eigenvalue weighted by Crippen LogP contribution is -2.28. The van der Waals surface area contributed by atoms with Crippen LogP contribution in [0.2, 0.25) is 0 Å². The number of aromatic nitrogens is 1. The summed E-state index contributed by atoms with van der Waals surface area (Å²) in [5.74, 6) is 1.73. The molecule has 2 rings (SSSR count). The van der Waals surface area contributed by atoms with Crippen LogP contribution < -0.4 is 14.8 Å². The van der Waals surface area contributed by atoms with Crippen molar-refractivity contribution in [1.29, 1.82) is 0 Å². The predicted octanol–water partition coefficient (Wildman–Crippen LogP) is 2.09. The Morgan fingerprint density at radius 3 is 2.68 bits per heavy atom. The topological polar surface area (TPSA) is 93.8 Å². The Hall–Kier alpha value is -2.54. The van der Waals surface area contributed by atoms with Crippen LogP contribution in [0.15, 0.2) is 22.7 Å². The lowest BCUT2D eigenvalue weighted by molar-refractivity contribution is -0.121. The van der Waals surface area contributed by atoms with E-state index in [1.54, 1.807) is 25.3 Å². The number of ether oxygens (including phenoxy) is 2. The number of hydrogen-bond acceptors (Lipinski definition) is 6. The zero-order valence-electron chi connectivity index (χ0n) is 15.0. The zero-order chi connectivity index (χ0) is 18.4. The average Bonchev–Trinajstić information content (AvgIpc) is 2.95. The van der Waals surface area contributed by atoms with Gasteiger partial charge in [0.15, 0.2) is 0 Å². The van der Waals surface area contributed by atoms with Crippen LogP contribution in [0.1, 0.15) is 35.1 Å². The highest BCUT2D eigenvalue weighted by Crippen LogP contribution is 2.29. The van der Waals surface area contributed by atoms with Crippen LogP contribution in [0.25, 0.3) is 0 Å². The van der Waals surface area contributed by atoms with Crippen LogP contribution in [-0.4, -0.2) is 36.9 Å². The lowest BCUT2D eigenvalue weighted by Gasteiger charge is -2.16. The predicted molar refractivity (Wildman–Crippen MR) is 91.8 cm³/mol. The maximum absolute atomic E-state index is 12.0. The van der Waals surface area contributed by atoms with Crippen LogP contribution in [-0.2, 0) is 11.2 Å². The van der Waals surface area contributed by atoms with Crippen molar-refractivity contribution in [3.05, 3.63) is 40.8 Å². The monoisotopic (exact) mass is 348 g/mol. The molecule has 2 N–H and O–H groups in total. The molecule has 136 valence electrons. The second-order valence-corrected chi connectivity index (χ2v) is 5.73. The molecule has 1 aromatic carbocycles. The van der Waals surface area contributed by atoms with Gasteiger partial charge in [-0.15, -0.1) is 0 Å². The fourth-order valence-corrected chi connectivity index (χ4v) is 2.61. The quantitative estimate of drug-likeness (QED) is 0.759. The Morgan fingerprint density at radius 1 is 1.32 bits per heavy atom. The van der Waals surface area contributed by atoms with Crippen LogP contribution in [0, 0.1) is 13.8 Å². The van der Waals surface area contributed by atoms with E-state index < -0.39 is 6.10 Å². The van der Waals surface area contributed by atoms with Gasteiger partial charge in [0.1, 0.15) is 17.3 Å². The number of aliphatic hydroxyl groups is 1. The first-order chi connectivity index (χ1) is 12.0. The second-order valence-electron chi connectivity index (χ2n) is 5.73. The second kappa shape index (κ2) is 8.53. The lowest BCUT2D eigenvalue weighted by atomic mass is 10.1. The number of carbonyl (C=O) groups is 1. The van der Waals surface area contributed by atoms with E-state index in [2.05, 4.69) is 10.5 Å². The van der Waals surface area contributed by atoms with Crippen molar-refractivity contribution < 1.29 is 23.9 Å². The average molecular weight is 348 g/mol. The molecule has 0 saturated carbocycles. The Balaban J connectivity index is 1.91. The van der Waals surface area contributed by atoms with E-state index in [9.17, 15) is 9.90 Å². The first-order valence-corrected chi connectivity index (χ1v) is 8.04. The molecule has 1 atom stereocenters. The number of benzene rings is 1. The molecule has 0 aliphatic carbocycles. The molecule has 1 aromatic heterocycles. The highest BCUT2D eigenvalue weighted by molar-refractivity contribution is 5.76. The van der Waals surface area contributed by atoms with Crippen molar-refractivity contribution in [1.82, 2.24) is 10.5 Å². The van der Waals surface area contributed by atoms with Gasteiger partial charge in [0.2, 0.25) is 5.91 Å². The number of rotatable bonds is 8. The summed E-state index contributed by atoms with van der Waals surface area (Å²) in [6.45, 7) is 3.76. The van der Waals surface area contributed by atoms with Gasteiger partial charge in [-0.2, -0.15) is 0 Å². The van der Waals surface area contributed by atoms with Crippen molar-refractivity contribution in [3.63, 3.8) is 0 Å². The molecule has 1 heterocycles. The number of methoxy groups -OCH3 is 2. The molecule has 7 nitrogen and oxygen atoms in total. The van der Waals surface area contributed by atoms with Gasteiger partial charge in [0.25, 0.3) is 0 Å². The zero-order valence-corrected chi connectivity index (χ0v) is 15.0. The molecule has 2 aromatic rings. The van der Waals surface area contributed by atoms with Gasteiger partial charge in [-0.1, -0.05) is 5.16 Å². The van der Waals surface area contributed by atoms with E-state index in [-0.39, 0.29) is 12.5 Å². The van der Waals surface area contributed by atoms with Gasteiger partial charge in [-0.25, -0.2) is 0 Å². The molecular weight excluding hydrogens is 324 g/mol. The number of hydrogen-bond donors (Lipinski definition) is 2. The Kier molecular flexibility index (Phi) is 6.41. The summed E-state index contributed by atoms with van der Waals surface area (Å²) in [7, 11) is 3.08. The third kappa shape index (κ3) is 4.73. The molecule has 0 aliphatic heterocycles. The summed E-state index contributed by atoms with van der Waals surface area (Å²) in [6, 6.07) is 5.16. The summed E-state index contributed by atoms with van der Waals surface area (Å²) in [5, 5.41) is 17.0. The van der Waals surface area contributed by atoms with E-state index in [1.165, 1.54) is 7.11 Å². The van der Waals surface area contributed by atoms with Gasteiger partial charge in [-0.3, -0.25) is 4.79 Å². The van der Waals surface area contributed by atoms with Crippen molar-refractivity contribution in [2.75, 3.05) is 20.8 Å². The Morgan fingerprint density at radius 2 is 2.08 bits per heavy atom. The van der Waals surface area contributed by atoms with Gasteiger partial charge in [0.05, 0.1) is 26.0 Å². The largest absolute Gasteiger partial charge is 0.497 e. The number of aryl methyl sites for hydroxylation is 2. The SMILES string of the molecule is COc1ccc(OC)c([C@@H](O)CNC(=O)CCc2c(C)noc2C)c1. The summed E-state index contributed by atoms with van der Waals surface area (Å²) in [6.07, 6.45) is -0.0516. The minimum atomic E-state index is -0.895. The van der Waals surface area contributed by atoms with E-state index in [4.69, 9.17) is 14.0 Å². The highest BCUT2D eigenvalue weighted by atomic mass is 16.5. The Labute approximate surface area is 146 Å². The fraction of sp³-hybridized carbons (Fsp3) is 0.444. The van der Waals surface area contributed by atoms with Gasteiger partial charge < -0.3 is 24.4 Å². The molecule has 0 fully saturated rings. The van der Waals surface area contributed by atoms with Crippen molar-refractivity contribution in [2.24, 2.45) is 0 Å². The van der Waals surface area contributed by atoms with E-state index in [1.807, 2.05) is 13.8 Å². The first-order valence-electron chi connectivity index (χ1n) is 8.04. The molecule has 0 unspecified atom stereocenters. The maximum atomic E-state index is 12.0. The summed E-state index contributed by atoms with van der Waals surface area (Å²) >= 11 is 0. The number of nitrogens with one attached hydrogen (secondary N) is 1. The summed E-state index contributed by atoms with van der Waals surface area (Å²) in [4.78, 5) is 12.0. The number of carbonyl (C=O) groups excluding carboxylic acids is 1. The molecule has 0 bridgehead atoms. The van der Waals surface area contributed by atoms with E-state index in [0.29, 0.717) is 29.9 Å². The van der Waals surface area contributed by atoms with Crippen LogP contribution in [0.4, 0.5) is 0 Å². The van der Waals surface area contributed by atoms with Crippen LogP contribution in [0.3, 0.4) is 0 Å². The molecular formula is C18H24N2O5. The number of aliphatic hydroxyl groups excluding tert-OH is 1. The number of nitrogens with zero attached hydrogens (tertiary/aromatic N) is 1. The standard InChI is InChI=1S/C18H24N2O5/c1-11-14(12(2)25-20-11)6-8-18(22)19-10-16(21)15-9-13(23-3)5-7-17(15)24-4/h5,7,9,16,21H,6,8,10H2,1-4H3,(H,19,22)/t16-/m0/s1. The highest BCUT2D eigenvalue weighted by Gasteiger charge is 2.16. The van der Waals surface area contributed by atoms with E-state index >= 15 is 0 Å². The molecule has 1 amide bonds. The number of amides is 1. The third-order valence-electron chi connectivity index (χ3n) is 4.07. The molecule has 25 heavy (non-hydrogen) atoms. The van der Waals surface area contributed by atoms with Gasteiger partial charge in [0, 0.05) is 24.1 Å².